The van der Waals surface area contributed by atoms with Gasteiger partial charge in [0.15, 0.2) is 16.5 Å². The molecule has 0 saturated heterocycles. The first-order valence-corrected chi connectivity index (χ1v) is 10.6. The molecule has 3 aromatic rings. The number of methoxy groups -OCH3 is 1. The summed E-state index contributed by atoms with van der Waals surface area (Å²) in [5.74, 6) is 2.48. The van der Waals surface area contributed by atoms with Gasteiger partial charge in [-0.15, -0.1) is 11.8 Å². The molecule has 6 heteroatoms. The van der Waals surface area contributed by atoms with Crippen molar-refractivity contribution in [3.8, 4) is 17.2 Å². The Morgan fingerprint density at radius 3 is 2.62 bits per heavy atom. The third-order valence-corrected chi connectivity index (χ3v) is 5.24. The van der Waals surface area contributed by atoms with Crippen LogP contribution in [0, 0.1) is 5.92 Å². The molecule has 0 aliphatic rings. The fourth-order valence-electron chi connectivity index (χ4n) is 2.79. The first kappa shape index (κ1) is 21.0. The molecular weight excluding hydrogens is 384 g/mol. The van der Waals surface area contributed by atoms with E-state index in [1.807, 2.05) is 36.4 Å². The van der Waals surface area contributed by atoms with Crippen LogP contribution in [0.4, 0.5) is 0 Å². The highest BCUT2D eigenvalue weighted by Crippen LogP contribution is 2.29. The van der Waals surface area contributed by atoms with Gasteiger partial charge < -0.3 is 9.47 Å². The molecule has 0 saturated carbocycles. The maximum absolute atomic E-state index is 12.9. The summed E-state index contributed by atoms with van der Waals surface area (Å²) in [6, 6.07) is 15.7. The second-order valence-corrected chi connectivity index (χ2v) is 8.12. The third-order valence-electron chi connectivity index (χ3n) is 4.28. The van der Waals surface area contributed by atoms with Gasteiger partial charge in [0.25, 0.3) is 5.56 Å². The molecule has 0 unspecified atom stereocenters. The van der Waals surface area contributed by atoms with Gasteiger partial charge in [-0.05, 0) is 30.0 Å². The lowest BCUT2D eigenvalue weighted by molar-refractivity contribution is 0.257. The molecule has 152 valence electrons. The van der Waals surface area contributed by atoms with Crippen molar-refractivity contribution >= 4 is 11.8 Å². The lowest BCUT2D eigenvalue weighted by Gasteiger charge is -2.14. The zero-order valence-corrected chi connectivity index (χ0v) is 17.8. The minimum atomic E-state index is -0.136. The van der Waals surface area contributed by atoms with Gasteiger partial charge >= 0.3 is 0 Å². The van der Waals surface area contributed by atoms with Crippen LogP contribution in [-0.4, -0.2) is 29.0 Å². The highest BCUT2D eigenvalue weighted by Gasteiger charge is 2.11. The van der Waals surface area contributed by atoms with Crippen molar-refractivity contribution in [3.05, 3.63) is 76.8 Å². The molecule has 0 bridgehead atoms. The monoisotopic (exact) mass is 410 g/mol. The molecule has 0 aliphatic heterocycles. The van der Waals surface area contributed by atoms with Crippen LogP contribution in [0.2, 0.25) is 0 Å². The SMILES string of the molecule is COc1cc(-n2ccnc(SCCc3ccccc3)c2=O)ccc1OCC(C)C. The van der Waals surface area contributed by atoms with E-state index in [-0.39, 0.29) is 5.56 Å². The molecule has 0 N–H and O–H groups in total. The van der Waals surface area contributed by atoms with Gasteiger partial charge in [-0.1, -0.05) is 44.2 Å². The normalized spacial score (nSPS) is 10.9. The smallest absolute Gasteiger partial charge is 0.287 e. The Bertz CT molecular complexity index is 987. The molecule has 0 fully saturated rings. The second-order valence-electron chi connectivity index (χ2n) is 7.03. The number of nitrogens with zero attached hydrogens (tertiary/aromatic N) is 2. The third kappa shape index (κ3) is 5.64. The molecule has 2 aromatic carbocycles. The molecule has 0 aliphatic carbocycles. The van der Waals surface area contributed by atoms with Crippen LogP contribution in [0.25, 0.3) is 5.69 Å². The zero-order chi connectivity index (χ0) is 20.6. The molecule has 0 spiro atoms. The molecule has 0 amide bonds. The molecule has 29 heavy (non-hydrogen) atoms. The average Bonchev–Trinajstić information content (AvgIpc) is 2.74. The molecular formula is C23H26N2O3S. The van der Waals surface area contributed by atoms with E-state index < -0.39 is 0 Å². The second kappa shape index (κ2) is 10.2. The Balaban J connectivity index is 1.77. The Labute approximate surface area is 175 Å². The largest absolute Gasteiger partial charge is 0.493 e. The summed E-state index contributed by atoms with van der Waals surface area (Å²) in [5.41, 5.74) is 1.83. The molecule has 0 radical (unpaired) electrons. The number of benzene rings is 2. The average molecular weight is 411 g/mol. The molecule has 1 aromatic heterocycles. The van der Waals surface area contributed by atoms with E-state index in [0.29, 0.717) is 29.0 Å². The van der Waals surface area contributed by atoms with E-state index in [1.165, 1.54) is 17.3 Å². The Hall–Kier alpha value is -2.73. The van der Waals surface area contributed by atoms with Crippen molar-refractivity contribution in [2.24, 2.45) is 5.92 Å². The van der Waals surface area contributed by atoms with Crippen LogP contribution in [-0.2, 0) is 6.42 Å². The minimum Gasteiger partial charge on any atom is -0.493 e. The number of hydrogen-bond acceptors (Lipinski definition) is 5. The topological polar surface area (TPSA) is 53.4 Å². The van der Waals surface area contributed by atoms with E-state index in [2.05, 4.69) is 31.0 Å². The number of hydrogen-bond donors (Lipinski definition) is 0. The fraction of sp³-hybridized carbons (Fsp3) is 0.304. The molecule has 1 heterocycles. The first-order chi connectivity index (χ1) is 14.1. The van der Waals surface area contributed by atoms with E-state index in [9.17, 15) is 4.79 Å². The van der Waals surface area contributed by atoms with Crippen molar-refractivity contribution in [1.29, 1.82) is 0 Å². The van der Waals surface area contributed by atoms with Crippen molar-refractivity contribution in [2.45, 2.75) is 25.3 Å². The van der Waals surface area contributed by atoms with Gasteiger partial charge in [0.1, 0.15) is 0 Å². The van der Waals surface area contributed by atoms with Gasteiger partial charge in [-0.3, -0.25) is 9.36 Å². The predicted molar refractivity (Wildman–Crippen MR) is 118 cm³/mol. The van der Waals surface area contributed by atoms with E-state index in [0.717, 1.165) is 17.9 Å². The number of aryl methyl sites for hydroxylation is 1. The van der Waals surface area contributed by atoms with E-state index in [1.54, 1.807) is 24.1 Å². The summed E-state index contributed by atoms with van der Waals surface area (Å²) in [4.78, 5) is 17.2. The molecule has 0 atom stereocenters. The summed E-state index contributed by atoms with van der Waals surface area (Å²) in [6.45, 7) is 4.79. The Morgan fingerprint density at radius 1 is 1.10 bits per heavy atom. The van der Waals surface area contributed by atoms with Crippen LogP contribution in [0.3, 0.4) is 0 Å². The predicted octanol–water partition coefficient (Wildman–Crippen LogP) is 4.61. The summed E-state index contributed by atoms with van der Waals surface area (Å²) in [6.07, 6.45) is 4.21. The van der Waals surface area contributed by atoms with Gasteiger partial charge in [-0.25, -0.2) is 4.98 Å². The first-order valence-electron chi connectivity index (χ1n) is 9.64. The Kier molecular flexibility index (Phi) is 7.36. The van der Waals surface area contributed by atoms with Gasteiger partial charge in [0.05, 0.1) is 19.4 Å². The van der Waals surface area contributed by atoms with Crippen molar-refractivity contribution in [1.82, 2.24) is 9.55 Å². The van der Waals surface area contributed by atoms with Gasteiger partial charge in [0, 0.05) is 24.2 Å². The number of rotatable bonds is 9. The van der Waals surface area contributed by atoms with E-state index >= 15 is 0 Å². The summed E-state index contributed by atoms with van der Waals surface area (Å²) >= 11 is 1.47. The van der Waals surface area contributed by atoms with Crippen LogP contribution in [0.5, 0.6) is 11.5 Å². The summed E-state index contributed by atoms with van der Waals surface area (Å²) in [7, 11) is 1.60. The number of ether oxygens (including phenoxy) is 2. The Morgan fingerprint density at radius 2 is 1.90 bits per heavy atom. The molecule has 3 rings (SSSR count). The van der Waals surface area contributed by atoms with Crippen molar-refractivity contribution < 1.29 is 9.47 Å². The quantitative estimate of drug-likeness (QED) is 0.482. The highest BCUT2D eigenvalue weighted by atomic mass is 32.2. The van der Waals surface area contributed by atoms with Crippen LogP contribution >= 0.6 is 11.8 Å². The lowest BCUT2D eigenvalue weighted by atomic mass is 10.2. The fourth-order valence-corrected chi connectivity index (χ4v) is 3.68. The van der Waals surface area contributed by atoms with Crippen molar-refractivity contribution in [3.63, 3.8) is 0 Å². The number of thioether (sulfide) groups is 1. The lowest BCUT2D eigenvalue weighted by Crippen LogP contribution is -2.20. The highest BCUT2D eigenvalue weighted by molar-refractivity contribution is 7.99. The summed E-state index contributed by atoms with van der Waals surface area (Å²) < 4.78 is 12.9. The van der Waals surface area contributed by atoms with Crippen LogP contribution in [0.1, 0.15) is 19.4 Å². The van der Waals surface area contributed by atoms with Crippen molar-refractivity contribution in [2.75, 3.05) is 19.5 Å². The van der Waals surface area contributed by atoms with E-state index in [4.69, 9.17) is 9.47 Å². The van der Waals surface area contributed by atoms with Gasteiger partial charge in [-0.2, -0.15) is 0 Å². The van der Waals surface area contributed by atoms with Crippen LogP contribution < -0.4 is 15.0 Å². The maximum Gasteiger partial charge on any atom is 0.287 e. The number of aromatic nitrogens is 2. The molecule has 5 nitrogen and oxygen atoms in total. The zero-order valence-electron chi connectivity index (χ0n) is 17.0. The van der Waals surface area contributed by atoms with Gasteiger partial charge in [0.2, 0.25) is 0 Å². The minimum absolute atomic E-state index is 0.136. The summed E-state index contributed by atoms with van der Waals surface area (Å²) in [5, 5.41) is 0.488. The van der Waals surface area contributed by atoms with Crippen LogP contribution in [0.15, 0.2) is 70.7 Å². The standard InChI is InChI=1S/C23H26N2O3S/c1-17(2)16-28-20-10-9-19(15-21(20)27-3)25-13-12-24-22(23(25)26)29-14-11-18-7-5-4-6-8-18/h4-10,12-13,15,17H,11,14,16H2,1-3H3. The maximum atomic E-state index is 12.9.